The van der Waals surface area contributed by atoms with Crippen molar-refractivity contribution in [2.75, 3.05) is 12.3 Å². The zero-order valence-corrected chi connectivity index (χ0v) is 23.0. The molecule has 2 aromatic carbocycles. The number of pyridine rings is 1. The number of benzene rings is 2. The quantitative estimate of drug-likeness (QED) is 0.0879. The first kappa shape index (κ1) is 31.2. The average molecular weight is 582 g/mol. The molecule has 3 aromatic rings. The number of aliphatic hydroxyl groups is 1. The van der Waals surface area contributed by atoms with Crippen molar-refractivity contribution in [3.05, 3.63) is 89.3 Å². The first-order chi connectivity index (χ1) is 18.6. The van der Waals surface area contributed by atoms with Gasteiger partial charge in [0.15, 0.2) is 5.82 Å². The fourth-order valence-electron chi connectivity index (χ4n) is 3.82. The summed E-state index contributed by atoms with van der Waals surface area (Å²) >= 11 is 0.677. The van der Waals surface area contributed by atoms with E-state index in [1.165, 1.54) is 32.0 Å². The standard InChI is InChI=1S/C17H14F5NOS.C11H18N4/c1-16(2,24)10-7-11(14-15(25-14)17(20,21)22)23-13(12(10)19)8-3-5-9(18)6-4-8;1-2-6-15(14)8-11(13)9-4-3-5-10(12)7-9/h3-7,14-15,24H,1-2H3;3-5,7-8H,2,6,12-14H2,1H3/b;11-8-. The Kier molecular flexibility index (Phi) is 9.70. The van der Waals surface area contributed by atoms with Crippen LogP contribution in [0, 0.1) is 11.6 Å². The number of hydrogen-bond donors (Lipinski definition) is 4. The lowest BCUT2D eigenvalue weighted by Gasteiger charge is -2.21. The summed E-state index contributed by atoms with van der Waals surface area (Å²) in [7, 11) is 0. The fourth-order valence-corrected chi connectivity index (χ4v) is 4.75. The Morgan fingerprint density at radius 3 is 2.27 bits per heavy atom. The van der Waals surface area contributed by atoms with Gasteiger partial charge in [-0.25, -0.2) is 19.6 Å². The van der Waals surface area contributed by atoms with Gasteiger partial charge in [-0.05, 0) is 62.7 Å². The molecule has 2 atom stereocenters. The van der Waals surface area contributed by atoms with Crippen LogP contribution in [0.2, 0.25) is 0 Å². The number of thioether (sulfide) groups is 1. The maximum atomic E-state index is 14.8. The van der Waals surface area contributed by atoms with E-state index >= 15 is 0 Å². The number of alkyl halides is 3. The van der Waals surface area contributed by atoms with E-state index in [1.807, 2.05) is 24.3 Å². The molecule has 216 valence electrons. The van der Waals surface area contributed by atoms with Crippen molar-refractivity contribution in [2.24, 2.45) is 11.6 Å². The minimum Gasteiger partial charge on any atom is -0.399 e. The monoisotopic (exact) mass is 581 g/mol. The lowest BCUT2D eigenvalue weighted by molar-refractivity contribution is -0.122. The van der Waals surface area contributed by atoms with E-state index in [2.05, 4.69) is 11.9 Å². The Morgan fingerprint density at radius 1 is 1.10 bits per heavy atom. The predicted octanol–water partition coefficient (Wildman–Crippen LogP) is 6.08. The summed E-state index contributed by atoms with van der Waals surface area (Å²) < 4.78 is 66.4. The van der Waals surface area contributed by atoms with Crippen LogP contribution in [0.3, 0.4) is 0 Å². The van der Waals surface area contributed by atoms with E-state index in [4.69, 9.17) is 17.3 Å². The largest absolute Gasteiger partial charge is 0.402 e. The molecule has 0 amide bonds. The Bertz CT molecular complexity index is 1340. The van der Waals surface area contributed by atoms with Gasteiger partial charge in [0, 0.05) is 35.1 Å². The summed E-state index contributed by atoms with van der Waals surface area (Å²) in [6, 6.07) is 13.4. The highest BCUT2D eigenvalue weighted by molar-refractivity contribution is 8.07. The molecular formula is C28H32F5N5OS. The molecule has 0 bridgehead atoms. The van der Waals surface area contributed by atoms with Gasteiger partial charge in [0.2, 0.25) is 0 Å². The van der Waals surface area contributed by atoms with Crippen molar-refractivity contribution in [3.63, 3.8) is 0 Å². The highest BCUT2D eigenvalue weighted by Crippen LogP contribution is 2.61. The number of hydrazine groups is 1. The van der Waals surface area contributed by atoms with Gasteiger partial charge < -0.3 is 21.6 Å². The van der Waals surface area contributed by atoms with Crippen molar-refractivity contribution in [1.82, 2.24) is 9.99 Å². The number of hydrogen-bond acceptors (Lipinski definition) is 7. The van der Waals surface area contributed by atoms with Crippen LogP contribution in [-0.4, -0.2) is 33.1 Å². The van der Waals surface area contributed by atoms with E-state index < -0.39 is 33.9 Å². The number of halogens is 5. The second-order valence-electron chi connectivity index (χ2n) is 9.79. The molecule has 12 heteroatoms. The third kappa shape index (κ3) is 8.09. The SMILES string of the molecule is CC(C)(O)c1cc(C2SC2C(F)(F)F)nc(-c2ccc(F)cc2)c1F.CCCN(N)/C=C(\N)c1cccc(N)c1. The van der Waals surface area contributed by atoms with E-state index in [0.29, 0.717) is 23.1 Å². The van der Waals surface area contributed by atoms with Crippen LogP contribution in [0.25, 0.3) is 17.0 Å². The molecule has 1 saturated heterocycles. The van der Waals surface area contributed by atoms with Crippen molar-refractivity contribution in [1.29, 1.82) is 0 Å². The molecule has 0 radical (unpaired) electrons. The summed E-state index contributed by atoms with van der Waals surface area (Å²) in [4.78, 5) is 4.04. The van der Waals surface area contributed by atoms with Gasteiger partial charge in [0.25, 0.3) is 0 Å². The number of anilines is 1. The second kappa shape index (κ2) is 12.4. The lowest BCUT2D eigenvalue weighted by atomic mass is 9.94. The van der Waals surface area contributed by atoms with E-state index in [-0.39, 0.29) is 22.5 Å². The van der Waals surface area contributed by atoms with Crippen molar-refractivity contribution >= 4 is 23.1 Å². The normalized spacial score (nSPS) is 17.2. The first-order valence-corrected chi connectivity index (χ1v) is 13.3. The average Bonchev–Trinajstić information content (AvgIpc) is 3.66. The number of nitrogens with two attached hydrogens (primary N) is 3. The Balaban J connectivity index is 0.000000252. The summed E-state index contributed by atoms with van der Waals surface area (Å²) in [5.41, 5.74) is 12.1. The first-order valence-electron chi connectivity index (χ1n) is 12.4. The fraction of sp³-hybridized carbons (Fsp3) is 0.321. The van der Waals surface area contributed by atoms with Gasteiger partial charge in [-0.2, -0.15) is 13.2 Å². The van der Waals surface area contributed by atoms with Gasteiger partial charge in [-0.3, -0.25) is 0 Å². The predicted molar refractivity (Wildman–Crippen MR) is 149 cm³/mol. The minimum absolute atomic E-state index is 0.0465. The molecule has 40 heavy (non-hydrogen) atoms. The van der Waals surface area contributed by atoms with Gasteiger partial charge in [-0.15, -0.1) is 11.8 Å². The Hall–Kier alpha value is -3.35. The van der Waals surface area contributed by atoms with Gasteiger partial charge in [0.1, 0.15) is 16.8 Å². The van der Waals surface area contributed by atoms with E-state index in [0.717, 1.165) is 30.7 Å². The van der Waals surface area contributed by atoms with Crippen LogP contribution >= 0.6 is 11.8 Å². The Morgan fingerprint density at radius 2 is 1.75 bits per heavy atom. The molecule has 2 heterocycles. The molecule has 0 spiro atoms. The van der Waals surface area contributed by atoms with Crippen LogP contribution < -0.4 is 17.3 Å². The third-order valence-corrected chi connectivity index (χ3v) is 7.19. The minimum atomic E-state index is -4.38. The zero-order valence-electron chi connectivity index (χ0n) is 22.2. The van der Waals surface area contributed by atoms with E-state index in [1.54, 1.807) is 11.2 Å². The molecule has 1 aromatic heterocycles. The second-order valence-corrected chi connectivity index (χ2v) is 11.1. The van der Waals surface area contributed by atoms with Crippen molar-refractivity contribution in [3.8, 4) is 11.3 Å². The van der Waals surface area contributed by atoms with Gasteiger partial charge >= 0.3 is 6.18 Å². The number of nitrogens with zero attached hydrogens (tertiary/aromatic N) is 2. The molecule has 0 aliphatic carbocycles. The molecule has 1 fully saturated rings. The molecule has 0 saturated carbocycles. The molecule has 7 N–H and O–H groups in total. The van der Waals surface area contributed by atoms with Crippen LogP contribution in [-0.2, 0) is 5.60 Å². The van der Waals surface area contributed by atoms with Crippen LogP contribution in [0.4, 0.5) is 27.6 Å². The lowest BCUT2D eigenvalue weighted by Crippen LogP contribution is -2.26. The summed E-state index contributed by atoms with van der Waals surface area (Å²) in [5.74, 6) is 4.34. The molecule has 1 aliphatic heterocycles. The third-order valence-electron chi connectivity index (χ3n) is 5.87. The number of aromatic nitrogens is 1. The summed E-state index contributed by atoms with van der Waals surface area (Å²) in [5, 5.41) is 9.22. The molecule has 6 nitrogen and oxygen atoms in total. The highest BCUT2D eigenvalue weighted by Gasteiger charge is 2.58. The van der Waals surface area contributed by atoms with Crippen molar-refractivity contribution < 1.29 is 27.1 Å². The Labute approximate surface area is 234 Å². The van der Waals surface area contributed by atoms with Gasteiger partial charge in [-0.1, -0.05) is 19.1 Å². The molecular weight excluding hydrogens is 549 g/mol. The maximum absolute atomic E-state index is 14.8. The smallest absolute Gasteiger partial charge is 0.399 e. The zero-order chi connectivity index (χ0) is 29.8. The molecule has 4 rings (SSSR count). The topological polar surface area (TPSA) is 114 Å². The van der Waals surface area contributed by atoms with E-state index in [9.17, 15) is 27.1 Å². The number of rotatable bonds is 7. The van der Waals surface area contributed by atoms with Crippen molar-refractivity contribution in [2.45, 2.75) is 49.5 Å². The summed E-state index contributed by atoms with van der Waals surface area (Å²) in [6.07, 6.45) is -1.67. The molecule has 2 unspecified atom stereocenters. The summed E-state index contributed by atoms with van der Waals surface area (Å²) in [6.45, 7) is 5.52. The van der Waals surface area contributed by atoms with Crippen LogP contribution in [0.1, 0.15) is 49.3 Å². The highest BCUT2D eigenvalue weighted by atomic mass is 32.2. The number of nitrogen functional groups attached to an aromatic ring is 1. The van der Waals surface area contributed by atoms with Crippen LogP contribution in [0.15, 0.2) is 60.8 Å². The van der Waals surface area contributed by atoms with Crippen LogP contribution in [0.5, 0.6) is 0 Å². The molecule has 1 aliphatic rings. The maximum Gasteiger partial charge on any atom is 0.402 e. The van der Waals surface area contributed by atoms with Gasteiger partial charge in [0.05, 0.1) is 22.2 Å².